The molecule has 0 aromatic heterocycles. The van der Waals surface area contributed by atoms with Gasteiger partial charge in [-0.2, -0.15) is 0 Å². The number of carbonyl (C=O) groups excluding carboxylic acids is 1. The lowest BCUT2D eigenvalue weighted by molar-refractivity contribution is -0.149. The van der Waals surface area contributed by atoms with Gasteiger partial charge in [0.15, 0.2) is 0 Å². The number of amides is 1. The zero-order valence-electron chi connectivity index (χ0n) is 10.4. The van der Waals surface area contributed by atoms with Crippen LogP contribution in [-0.2, 0) is 14.3 Å². The number of hydrogen-bond donors (Lipinski definition) is 1. The van der Waals surface area contributed by atoms with Crippen LogP contribution in [0.3, 0.4) is 0 Å². The average molecular weight is 253 g/mol. The minimum Gasteiger partial charge on any atom is -0.481 e. The molecule has 3 aliphatic rings. The standard InChI is InChI=1S/C13H19NO4/c15-12(16)6-11-7-18-2-1-14(11)13(17)10-4-8-3-9(8)5-10/h8-11H,1-7H2,(H,15,16). The van der Waals surface area contributed by atoms with Crippen molar-refractivity contribution in [3.8, 4) is 0 Å². The Labute approximate surface area is 106 Å². The molecule has 0 bridgehead atoms. The summed E-state index contributed by atoms with van der Waals surface area (Å²) in [6, 6.07) is -0.277. The van der Waals surface area contributed by atoms with Gasteiger partial charge in [0.05, 0.1) is 25.7 Å². The van der Waals surface area contributed by atoms with E-state index in [2.05, 4.69) is 0 Å². The van der Waals surface area contributed by atoms with Gasteiger partial charge in [0, 0.05) is 12.5 Å². The number of carbonyl (C=O) groups is 2. The maximum atomic E-state index is 12.4. The number of hydrogen-bond acceptors (Lipinski definition) is 3. The summed E-state index contributed by atoms with van der Waals surface area (Å²) in [6.07, 6.45) is 3.32. The molecule has 3 unspecified atom stereocenters. The third-order valence-electron chi connectivity index (χ3n) is 4.51. The summed E-state index contributed by atoms with van der Waals surface area (Å²) < 4.78 is 5.30. The first-order chi connectivity index (χ1) is 8.65. The van der Waals surface area contributed by atoms with Gasteiger partial charge >= 0.3 is 5.97 Å². The van der Waals surface area contributed by atoms with Gasteiger partial charge in [-0.25, -0.2) is 0 Å². The van der Waals surface area contributed by atoms with E-state index in [4.69, 9.17) is 9.84 Å². The van der Waals surface area contributed by atoms with Crippen LogP contribution in [0.15, 0.2) is 0 Å². The normalized spacial score (nSPS) is 38.3. The first kappa shape index (κ1) is 12.0. The molecule has 1 saturated heterocycles. The van der Waals surface area contributed by atoms with Crippen LogP contribution >= 0.6 is 0 Å². The summed E-state index contributed by atoms with van der Waals surface area (Å²) in [5.74, 6) is 0.994. The highest BCUT2D eigenvalue weighted by Crippen LogP contribution is 2.54. The minimum atomic E-state index is -0.863. The van der Waals surface area contributed by atoms with Crippen molar-refractivity contribution in [2.75, 3.05) is 19.8 Å². The van der Waals surface area contributed by atoms with Crippen molar-refractivity contribution >= 4 is 11.9 Å². The summed E-state index contributed by atoms with van der Waals surface area (Å²) in [5.41, 5.74) is 0. The van der Waals surface area contributed by atoms with Crippen LogP contribution in [0.4, 0.5) is 0 Å². The zero-order chi connectivity index (χ0) is 12.7. The molecule has 1 aliphatic heterocycles. The number of nitrogens with zero attached hydrogens (tertiary/aromatic N) is 1. The van der Waals surface area contributed by atoms with Crippen molar-refractivity contribution in [2.45, 2.75) is 31.7 Å². The number of carboxylic acids is 1. The van der Waals surface area contributed by atoms with E-state index in [-0.39, 0.29) is 24.3 Å². The number of carboxylic acid groups (broad SMARTS) is 1. The lowest BCUT2D eigenvalue weighted by Gasteiger charge is -2.36. The minimum absolute atomic E-state index is 0.00861. The maximum absolute atomic E-state index is 12.4. The van der Waals surface area contributed by atoms with Gasteiger partial charge in [0.2, 0.25) is 5.91 Å². The molecule has 1 N–H and O–H groups in total. The second-order valence-electron chi connectivity index (χ2n) is 5.78. The Morgan fingerprint density at radius 3 is 2.61 bits per heavy atom. The van der Waals surface area contributed by atoms with E-state index < -0.39 is 5.97 Å². The second-order valence-corrected chi connectivity index (χ2v) is 5.78. The average Bonchev–Trinajstić information content (AvgIpc) is 2.95. The van der Waals surface area contributed by atoms with Gasteiger partial charge < -0.3 is 14.7 Å². The molecule has 3 atom stereocenters. The number of ether oxygens (including phenoxy) is 1. The Morgan fingerprint density at radius 1 is 1.22 bits per heavy atom. The number of fused-ring (bicyclic) bond motifs is 1. The fourth-order valence-corrected chi connectivity index (χ4v) is 3.47. The maximum Gasteiger partial charge on any atom is 0.305 e. The first-order valence-electron chi connectivity index (χ1n) is 6.75. The van der Waals surface area contributed by atoms with Crippen LogP contribution in [0.2, 0.25) is 0 Å². The van der Waals surface area contributed by atoms with Crippen molar-refractivity contribution in [1.29, 1.82) is 0 Å². The lowest BCUT2D eigenvalue weighted by atomic mass is 10.00. The summed E-state index contributed by atoms with van der Waals surface area (Å²) in [6.45, 7) is 1.43. The molecule has 0 radical (unpaired) electrons. The van der Waals surface area contributed by atoms with Crippen molar-refractivity contribution in [3.05, 3.63) is 0 Å². The quantitative estimate of drug-likeness (QED) is 0.805. The van der Waals surface area contributed by atoms with E-state index in [0.717, 1.165) is 24.7 Å². The Balaban J connectivity index is 1.63. The molecule has 1 heterocycles. The molecule has 3 rings (SSSR count). The van der Waals surface area contributed by atoms with Crippen LogP contribution in [0.1, 0.15) is 25.7 Å². The molecule has 3 fully saturated rings. The lowest BCUT2D eigenvalue weighted by Crippen LogP contribution is -2.51. The topological polar surface area (TPSA) is 66.8 Å². The van der Waals surface area contributed by atoms with Gasteiger partial charge in [0.25, 0.3) is 0 Å². The van der Waals surface area contributed by atoms with Crippen molar-refractivity contribution in [3.63, 3.8) is 0 Å². The van der Waals surface area contributed by atoms with Gasteiger partial charge in [-0.15, -0.1) is 0 Å². The van der Waals surface area contributed by atoms with Crippen LogP contribution in [-0.4, -0.2) is 47.7 Å². The van der Waals surface area contributed by atoms with Gasteiger partial charge in [-0.05, 0) is 31.1 Å². The van der Waals surface area contributed by atoms with E-state index >= 15 is 0 Å². The van der Waals surface area contributed by atoms with Crippen LogP contribution in [0.5, 0.6) is 0 Å². The molecule has 18 heavy (non-hydrogen) atoms. The Bertz CT molecular complexity index is 360. The monoisotopic (exact) mass is 253 g/mol. The molecule has 100 valence electrons. The predicted molar refractivity (Wildman–Crippen MR) is 62.9 cm³/mol. The third-order valence-corrected chi connectivity index (χ3v) is 4.51. The molecule has 0 spiro atoms. The van der Waals surface area contributed by atoms with Crippen molar-refractivity contribution < 1.29 is 19.4 Å². The van der Waals surface area contributed by atoms with Crippen LogP contribution < -0.4 is 0 Å². The Morgan fingerprint density at radius 2 is 1.94 bits per heavy atom. The molecule has 1 amide bonds. The fourth-order valence-electron chi connectivity index (χ4n) is 3.47. The molecular weight excluding hydrogens is 234 g/mol. The van der Waals surface area contributed by atoms with Gasteiger partial charge in [-0.3, -0.25) is 9.59 Å². The van der Waals surface area contributed by atoms with Crippen LogP contribution in [0, 0.1) is 17.8 Å². The Kier molecular flexibility index (Phi) is 3.01. The van der Waals surface area contributed by atoms with Crippen molar-refractivity contribution in [1.82, 2.24) is 4.90 Å². The summed E-state index contributed by atoms with van der Waals surface area (Å²) in [4.78, 5) is 25.0. The summed E-state index contributed by atoms with van der Waals surface area (Å²) >= 11 is 0. The molecule has 5 nitrogen and oxygen atoms in total. The van der Waals surface area contributed by atoms with Gasteiger partial charge in [0.1, 0.15) is 0 Å². The molecule has 2 aliphatic carbocycles. The third kappa shape index (κ3) is 2.23. The highest BCUT2D eigenvalue weighted by atomic mass is 16.5. The van der Waals surface area contributed by atoms with Crippen molar-refractivity contribution in [2.24, 2.45) is 17.8 Å². The van der Waals surface area contributed by atoms with E-state index in [1.54, 1.807) is 4.90 Å². The smallest absolute Gasteiger partial charge is 0.305 e. The fraction of sp³-hybridized carbons (Fsp3) is 0.846. The predicted octanol–water partition coefficient (Wildman–Crippen LogP) is 0.735. The number of morpholine rings is 1. The SMILES string of the molecule is O=C(O)CC1COCCN1C(=O)C1CC2CC2C1. The Hall–Kier alpha value is -1.10. The van der Waals surface area contributed by atoms with Crippen LogP contribution in [0.25, 0.3) is 0 Å². The van der Waals surface area contributed by atoms with E-state index in [0.29, 0.717) is 19.8 Å². The number of rotatable bonds is 3. The van der Waals surface area contributed by atoms with E-state index in [1.807, 2.05) is 0 Å². The molecule has 0 aromatic carbocycles. The first-order valence-corrected chi connectivity index (χ1v) is 6.75. The highest BCUT2D eigenvalue weighted by Gasteiger charge is 2.49. The highest BCUT2D eigenvalue weighted by molar-refractivity contribution is 5.80. The molecule has 5 heteroatoms. The molecule has 0 aromatic rings. The summed E-state index contributed by atoms with van der Waals surface area (Å²) in [7, 11) is 0. The van der Waals surface area contributed by atoms with E-state index in [9.17, 15) is 9.59 Å². The van der Waals surface area contributed by atoms with Gasteiger partial charge in [-0.1, -0.05) is 0 Å². The molecule has 2 saturated carbocycles. The second kappa shape index (κ2) is 4.53. The molecular formula is C13H19NO4. The largest absolute Gasteiger partial charge is 0.481 e. The summed E-state index contributed by atoms with van der Waals surface area (Å²) in [5, 5.41) is 8.89. The zero-order valence-corrected chi connectivity index (χ0v) is 10.4. The number of aliphatic carboxylic acids is 1. The van der Waals surface area contributed by atoms with E-state index in [1.165, 1.54) is 6.42 Å².